The van der Waals surface area contributed by atoms with Crippen LogP contribution in [0.15, 0.2) is 54.6 Å². The number of benzene rings is 2. The number of hydrogen-bond acceptors (Lipinski definition) is 2. The van der Waals surface area contributed by atoms with Crippen molar-refractivity contribution in [1.82, 2.24) is 0 Å². The van der Waals surface area contributed by atoms with Gasteiger partial charge >= 0.3 is 168 Å². The van der Waals surface area contributed by atoms with Gasteiger partial charge in [-0.05, 0) is 0 Å². The standard InChI is InChI=1S/C23H28OSSe/c24-18-12-5-3-1-2-4-9-17-22-23(26-19-13-7-6-8-14-19)20-15-10-11-16-21(20)25-22/h6-8,10-11,13-16,24H,1-5,9,12,17-18H2. The molecule has 0 aliphatic carbocycles. The van der Waals surface area contributed by atoms with E-state index in [0.717, 1.165) is 6.42 Å². The molecule has 3 heteroatoms. The van der Waals surface area contributed by atoms with Crippen LogP contribution in [0.5, 0.6) is 0 Å². The first-order chi connectivity index (χ1) is 12.9. The zero-order valence-corrected chi connectivity index (χ0v) is 17.9. The molecule has 0 radical (unpaired) electrons. The average Bonchev–Trinajstić information content (AvgIpc) is 3.02. The van der Waals surface area contributed by atoms with E-state index in [4.69, 9.17) is 5.11 Å². The van der Waals surface area contributed by atoms with Gasteiger partial charge in [-0.3, -0.25) is 0 Å². The minimum absolute atomic E-state index is 0.345. The molecule has 0 aliphatic heterocycles. The van der Waals surface area contributed by atoms with Crippen LogP contribution in [0.1, 0.15) is 49.8 Å². The fraction of sp³-hybridized carbons (Fsp3) is 0.391. The molecule has 0 unspecified atom stereocenters. The number of thiophene rings is 1. The summed E-state index contributed by atoms with van der Waals surface area (Å²) in [6.45, 7) is 0.345. The second-order valence-electron chi connectivity index (χ2n) is 6.71. The number of unbranched alkanes of at least 4 members (excludes halogenated alkanes) is 6. The molecule has 1 nitrogen and oxygen atoms in total. The summed E-state index contributed by atoms with van der Waals surface area (Å²) in [5.74, 6) is 0. The summed E-state index contributed by atoms with van der Waals surface area (Å²) in [4.78, 5) is 1.61. The van der Waals surface area contributed by atoms with E-state index >= 15 is 0 Å². The van der Waals surface area contributed by atoms with Gasteiger partial charge in [-0.1, -0.05) is 0 Å². The Morgan fingerprint density at radius 2 is 1.38 bits per heavy atom. The summed E-state index contributed by atoms with van der Waals surface area (Å²) < 4.78 is 4.51. The van der Waals surface area contributed by atoms with E-state index in [2.05, 4.69) is 54.6 Å². The van der Waals surface area contributed by atoms with E-state index in [0.29, 0.717) is 21.6 Å². The van der Waals surface area contributed by atoms with Crippen LogP contribution in [-0.4, -0.2) is 26.7 Å². The first kappa shape index (κ1) is 19.6. The summed E-state index contributed by atoms with van der Waals surface area (Å²) >= 11 is 2.40. The molecule has 26 heavy (non-hydrogen) atoms. The van der Waals surface area contributed by atoms with E-state index in [9.17, 15) is 0 Å². The molecule has 0 atom stereocenters. The Hall–Kier alpha value is -1.12. The Morgan fingerprint density at radius 1 is 0.731 bits per heavy atom. The van der Waals surface area contributed by atoms with Crippen LogP contribution < -0.4 is 8.92 Å². The van der Waals surface area contributed by atoms with Crippen molar-refractivity contribution in [3.05, 3.63) is 59.5 Å². The molecule has 0 fully saturated rings. The molecule has 0 bridgehead atoms. The number of hydrogen-bond donors (Lipinski definition) is 1. The van der Waals surface area contributed by atoms with Gasteiger partial charge in [0.05, 0.1) is 0 Å². The zero-order valence-electron chi connectivity index (χ0n) is 15.3. The molecule has 3 rings (SSSR count). The molecule has 3 aromatic rings. The van der Waals surface area contributed by atoms with Gasteiger partial charge in [0.15, 0.2) is 0 Å². The van der Waals surface area contributed by atoms with Crippen LogP contribution in [0.25, 0.3) is 10.1 Å². The maximum absolute atomic E-state index is 8.83. The molecule has 1 heterocycles. The van der Waals surface area contributed by atoms with Crippen LogP contribution >= 0.6 is 11.3 Å². The van der Waals surface area contributed by atoms with E-state index < -0.39 is 0 Å². The molecule has 0 aliphatic rings. The number of rotatable bonds is 11. The fourth-order valence-electron chi connectivity index (χ4n) is 3.24. The maximum atomic E-state index is 8.83. The Balaban J connectivity index is 1.59. The van der Waals surface area contributed by atoms with Gasteiger partial charge in [0.1, 0.15) is 0 Å². The molecule has 0 amide bonds. The third kappa shape index (κ3) is 5.69. The van der Waals surface area contributed by atoms with Gasteiger partial charge in [0, 0.05) is 0 Å². The van der Waals surface area contributed by atoms with Crippen LogP contribution in [0.3, 0.4) is 0 Å². The topological polar surface area (TPSA) is 20.2 Å². The number of aliphatic hydroxyl groups is 1. The van der Waals surface area contributed by atoms with Gasteiger partial charge < -0.3 is 0 Å². The first-order valence-corrected chi connectivity index (χ1v) is 12.3. The van der Waals surface area contributed by atoms with Crippen molar-refractivity contribution in [1.29, 1.82) is 0 Å². The SMILES string of the molecule is OCCCCCCCCCc1sc2ccccc2c1[Se]c1ccccc1. The van der Waals surface area contributed by atoms with Crippen LogP contribution in [-0.2, 0) is 6.42 Å². The summed E-state index contributed by atoms with van der Waals surface area (Å²) in [7, 11) is 0. The van der Waals surface area contributed by atoms with Crippen molar-refractivity contribution in [3.8, 4) is 0 Å². The third-order valence-electron chi connectivity index (χ3n) is 4.64. The molecular formula is C23H28OSSe. The summed E-state index contributed by atoms with van der Waals surface area (Å²) in [5, 5.41) is 10.3. The second kappa shape index (κ2) is 10.9. The Morgan fingerprint density at radius 3 is 2.15 bits per heavy atom. The summed E-state index contributed by atoms with van der Waals surface area (Å²) in [6, 6.07) is 19.9. The third-order valence-corrected chi connectivity index (χ3v) is 8.64. The zero-order chi connectivity index (χ0) is 18.0. The van der Waals surface area contributed by atoms with Crippen LogP contribution in [0.2, 0.25) is 0 Å². The normalized spacial score (nSPS) is 11.3. The number of aliphatic hydroxyl groups excluding tert-OH is 1. The van der Waals surface area contributed by atoms with E-state index in [1.165, 1.54) is 59.5 Å². The second-order valence-corrected chi connectivity index (χ2v) is 10.1. The molecule has 0 saturated carbocycles. The van der Waals surface area contributed by atoms with Gasteiger partial charge in [-0.2, -0.15) is 0 Å². The van der Waals surface area contributed by atoms with Gasteiger partial charge in [-0.25, -0.2) is 0 Å². The minimum atomic E-state index is 0.345. The predicted octanol–water partition coefficient (Wildman–Crippen LogP) is 4.82. The van der Waals surface area contributed by atoms with E-state index in [1.54, 1.807) is 9.34 Å². The quantitative estimate of drug-likeness (QED) is 0.341. The molecule has 0 spiro atoms. The molecule has 1 N–H and O–H groups in total. The van der Waals surface area contributed by atoms with Crippen molar-refractivity contribution >= 4 is 45.3 Å². The van der Waals surface area contributed by atoms with Gasteiger partial charge in [0.25, 0.3) is 0 Å². The number of fused-ring (bicyclic) bond motifs is 1. The van der Waals surface area contributed by atoms with Crippen molar-refractivity contribution in [3.63, 3.8) is 0 Å². The van der Waals surface area contributed by atoms with Crippen molar-refractivity contribution < 1.29 is 5.11 Å². The monoisotopic (exact) mass is 432 g/mol. The Bertz CT molecular complexity index is 781. The summed E-state index contributed by atoms with van der Waals surface area (Å²) in [5.41, 5.74) is 0. The van der Waals surface area contributed by atoms with Crippen molar-refractivity contribution in [2.75, 3.05) is 6.61 Å². The molecular weight excluding hydrogens is 403 g/mol. The van der Waals surface area contributed by atoms with Crippen LogP contribution in [0.4, 0.5) is 0 Å². The molecule has 138 valence electrons. The first-order valence-electron chi connectivity index (χ1n) is 9.72. The fourth-order valence-corrected chi connectivity index (χ4v) is 7.17. The van der Waals surface area contributed by atoms with E-state index in [1.807, 2.05) is 11.3 Å². The Kier molecular flexibility index (Phi) is 8.22. The number of aryl methyl sites for hydroxylation is 1. The summed E-state index contributed by atoms with van der Waals surface area (Å²) in [6.07, 6.45) is 9.90. The molecule has 0 saturated heterocycles. The Labute approximate surface area is 167 Å². The molecule has 2 aromatic carbocycles. The van der Waals surface area contributed by atoms with Crippen LogP contribution in [0, 0.1) is 0 Å². The predicted molar refractivity (Wildman–Crippen MR) is 116 cm³/mol. The van der Waals surface area contributed by atoms with Gasteiger partial charge in [-0.15, -0.1) is 0 Å². The van der Waals surface area contributed by atoms with Crippen molar-refractivity contribution in [2.45, 2.75) is 51.4 Å². The molecule has 1 aromatic heterocycles. The average molecular weight is 432 g/mol. The van der Waals surface area contributed by atoms with E-state index in [-0.39, 0.29) is 0 Å². The van der Waals surface area contributed by atoms with Crippen molar-refractivity contribution in [2.24, 2.45) is 0 Å². The van der Waals surface area contributed by atoms with Gasteiger partial charge in [0.2, 0.25) is 0 Å².